The van der Waals surface area contributed by atoms with Gasteiger partial charge in [0, 0.05) is 24.8 Å². The van der Waals surface area contributed by atoms with E-state index in [1.807, 2.05) is 13.0 Å². The minimum absolute atomic E-state index is 0.0711. The van der Waals surface area contributed by atoms with E-state index in [0.717, 1.165) is 49.6 Å². The highest BCUT2D eigenvalue weighted by atomic mass is 32.2. The van der Waals surface area contributed by atoms with E-state index in [4.69, 9.17) is 4.74 Å². The highest BCUT2D eigenvalue weighted by Crippen LogP contribution is 2.24. The molecule has 9 heteroatoms. The van der Waals surface area contributed by atoms with E-state index in [-0.39, 0.29) is 17.2 Å². The molecule has 0 radical (unpaired) electrons. The summed E-state index contributed by atoms with van der Waals surface area (Å²) in [5.74, 6) is 0.578. The van der Waals surface area contributed by atoms with Gasteiger partial charge >= 0.3 is 0 Å². The Hall–Kier alpha value is -2.26. The Morgan fingerprint density at radius 3 is 2.65 bits per heavy atom. The van der Waals surface area contributed by atoms with Crippen molar-refractivity contribution < 1.29 is 17.5 Å². The van der Waals surface area contributed by atoms with Gasteiger partial charge in [-0.3, -0.25) is 0 Å². The van der Waals surface area contributed by atoms with Gasteiger partial charge in [-0.1, -0.05) is 0 Å². The summed E-state index contributed by atoms with van der Waals surface area (Å²) in [7, 11) is -2.65. The number of methoxy groups -OCH3 is 1. The normalized spacial score (nSPS) is 14.7. The number of sulfonamides is 1. The van der Waals surface area contributed by atoms with Gasteiger partial charge in [0.2, 0.25) is 10.0 Å². The number of nitrogens with zero attached hydrogens (tertiary/aromatic N) is 3. The number of rotatable bonds is 6. The second-order valence-electron chi connectivity index (χ2n) is 6.10. The first kappa shape index (κ1) is 18.5. The summed E-state index contributed by atoms with van der Waals surface area (Å²) in [4.78, 5) is 10.6. The zero-order chi connectivity index (χ0) is 18.7. The third-order valence-electron chi connectivity index (χ3n) is 4.15. The molecule has 0 amide bonds. The number of hydrogen-bond donors (Lipinski definition) is 1. The fraction of sp³-hybridized carbons (Fsp3) is 0.412. The molecule has 1 saturated heterocycles. The summed E-state index contributed by atoms with van der Waals surface area (Å²) in [6, 6.07) is 5.23. The highest BCUT2D eigenvalue weighted by molar-refractivity contribution is 7.89. The number of halogens is 1. The number of ether oxygens (including phenoxy) is 1. The fourth-order valence-electron chi connectivity index (χ4n) is 2.90. The lowest BCUT2D eigenvalue weighted by Gasteiger charge is -2.17. The molecule has 0 atom stereocenters. The molecule has 3 rings (SSSR count). The standard InChI is InChI=1S/C17H21FN4O3S/c1-12-9-17(22-7-3-4-8-22)21-16(20-12)11-19-26(23,24)15-10-13(18)5-6-14(15)25-2/h5-6,9-10,19H,3-4,7-8,11H2,1-2H3. The molecular formula is C17H21FN4O3S. The Morgan fingerprint density at radius 2 is 1.96 bits per heavy atom. The second-order valence-corrected chi connectivity index (χ2v) is 7.83. The Bertz CT molecular complexity index is 899. The van der Waals surface area contributed by atoms with Crippen LogP contribution in [0.4, 0.5) is 10.2 Å². The van der Waals surface area contributed by atoms with E-state index in [1.54, 1.807) is 0 Å². The van der Waals surface area contributed by atoms with Crippen molar-refractivity contribution in [3.63, 3.8) is 0 Å². The predicted octanol–water partition coefficient (Wildman–Crippen LogP) is 2.01. The molecule has 0 unspecified atom stereocenters. The van der Waals surface area contributed by atoms with Gasteiger partial charge < -0.3 is 9.64 Å². The maximum absolute atomic E-state index is 13.5. The van der Waals surface area contributed by atoms with Crippen molar-refractivity contribution in [1.82, 2.24) is 14.7 Å². The van der Waals surface area contributed by atoms with Crippen molar-refractivity contribution in [3.05, 3.63) is 41.6 Å². The van der Waals surface area contributed by atoms with Crippen molar-refractivity contribution in [2.75, 3.05) is 25.1 Å². The molecule has 0 bridgehead atoms. The third-order valence-corrected chi connectivity index (χ3v) is 5.57. The molecule has 1 N–H and O–H groups in total. The van der Waals surface area contributed by atoms with E-state index < -0.39 is 15.8 Å². The van der Waals surface area contributed by atoms with Gasteiger partial charge in [-0.2, -0.15) is 0 Å². The number of aryl methyl sites for hydroxylation is 1. The number of hydrogen-bond acceptors (Lipinski definition) is 6. The van der Waals surface area contributed by atoms with Crippen LogP contribution < -0.4 is 14.4 Å². The minimum Gasteiger partial charge on any atom is -0.495 e. The summed E-state index contributed by atoms with van der Waals surface area (Å²) in [6.07, 6.45) is 2.23. The summed E-state index contributed by atoms with van der Waals surface area (Å²) in [6.45, 7) is 3.61. The SMILES string of the molecule is COc1ccc(F)cc1S(=O)(=O)NCc1nc(C)cc(N2CCCC2)n1. The van der Waals surface area contributed by atoms with Gasteiger partial charge in [0.1, 0.15) is 28.1 Å². The number of anilines is 1. The quantitative estimate of drug-likeness (QED) is 0.825. The lowest BCUT2D eigenvalue weighted by molar-refractivity contribution is 0.400. The largest absolute Gasteiger partial charge is 0.495 e. The molecule has 1 aromatic heterocycles. The molecule has 7 nitrogen and oxygen atoms in total. The molecule has 2 aromatic rings. The number of benzene rings is 1. The third kappa shape index (κ3) is 4.10. The van der Waals surface area contributed by atoms with Gasteiger partial charge in [0.05, 0.1) is 13.7 Å². The van der Waals surface area contributed by atoms with Gasteiger partial charge in [0.25, 0.3) is 0 Å². The van der Waals surface area contributed by atoms with Crippen LogP contribution in [0.5, 0.6) is 5.75 Å². The van der Waals surface area contributed by atoms with E-state index in [0.29, 0.717) is 5.82 Å². The molecule has 0 spiro atoms. The maximum Gasteiger partial charge on any atom is 0.244 e. The van der Waals surface area contributed by atoms with E-state index in [9.17, 15) is 12.8 Å². The molecule has 0 aliphatic carbocycles. The van der Waals surface area contributed by atoms with E-state index in [2.05, 4.69) is 19.6 Å². The molecule has 1 aliphatic heterocycles. The first-order chi connectivity index (χ1) is 12.4. The van der Waals surface area contributed by atoms with Gasteiger partial charge in [-0.25, -0.2) is 27.5 Å². The lowest BCUT2D eigenvalue weighted by atomic mass is 10.3. The molecular weight excluding hydrogens is 359 g/mol. The van der Waals surface area contributed by atoms with Crippen LogP contribution in [-0.2, 0) is 16.6 Å². The van der Waals surface area contributed by atoms with E-state index >= 15 is 0 Å². The van der Waals surface area contributed by atoms with Crippen LogP contribution >= 0.6 is 0 Å². The molecule has 26 heavy (non-hydrogen) atoms. The van der Waals surface area contributed by atoms with Crippen LogP contribution in [0, 0.1) is 12.7 Å². The van der Waals surface area contributed by atoms with Gasteiger partial charge in [-0.15, -0.1) is 0 Å². The zero-order valence-corrected chi connectivity index (χ0v) is 15.5. The molecule has 1 fully saturated rings. The van der Waals surface area contributed by atoms with Crippen molar-refractivity contribution in [1.29, 1.82) is 0 Å². The number of aromatic nitrogens is 2. The van der Waals surface area contributed by atoms with Crippen molar-refractivity contribution in [3.8, 4) is 5.75 Å². The fourth-order valence-corrected chi connectivity index (χ4v) is 4.06. The monoisotopic (exact) mass is 380 g/mol. The summed E-state index contributed by atoms with van der Waals surface area (Å²) >= 11 is 0. The Labute approximate surface area is 152 Å². The summed E-state index contributed by atoms with van der Waals surface area (Å²) in [5, 5.41) is 0. The molecule has 2 heterocycles. The van der Waals surface area contributed by atoms with Crippen molar-refractivity contribution in [2.24, 2.45) is 0 Å². The second kappa shape index (κ2) is 7.55. The summed E-state index contributed by atoms with van der Waals surface area (Å²) < 4.78 is 46.0. The van der Waals surface area contributed by atoms with E-state index in [1.165, 1.54) is 13.2 Å². The molecule has 1 aromatic carbocycles. The predicted molar refractivity (Wildman–Crippen MR) is 95.2 cm³/mol. The maximum atomic E-state index is 13.5. The van der Waals surface area contributed by atoms with Gasteiger partial charge in [0.15, 0.2) is 0 Å². The Balaban J connectivity index is 1.81. The average molecular weight is 380 g/mol. The van der Waals surface area contributed by atoms with Crippen LogP contribution in [0.15, 0.2) is 29.2 Å². The van der Waals surface area contributed by atoms with Crippen LogP contribution in [0.3, 0.4) is 0 Å². The van der Waals surface area contributed by atoms with Crippen molar-refractivity contribution >= 4 is 15.8 Å². The smallest absolute Gasteiger partial charge is 0.244 e. The van der Waals surface area contributed by atoms with Crippen LogP contribution in [0.1, 0.15) is 24.4 Å². The van der Waals surface area contributed by atoms with Crippen LogP contribution in [0.2, 0.25) is 0 Å². The zero-order valence-electron chi connectivity index (χ0n) is 14.7. The first-order valence-electron chi connectivity index (χ1n) is 8.32. The average Bonchev–Trinajstić information content (AvgIpc) is 3.14. The highest BCUT2D eigenvalue weighted by Gasteiger charge is 2.21. The lowest BCUT2D eigenvalue weighted by Crippen LogP contribution is -2.26. The number of nitrogens with one attached hydrogen (secondary N) is 1. The summed E-state index contributed by atoms with van der Waals surface area (Å²) in [5.41, 5.74) is 0.763. The molecule has 1 aliphatic rings. The van der Waals surface area contributed by atoms with Crippen molar-refractivity contribution in [2.45, 2.75) is 31.2 Å². The Morgan fingerprint density at radius 1 is 1.23 bits per heavy atom. The topological polar surface area (TPSA) is 84.4 Å². The van der Waals surface area contributed by atoms with Crippen LogP contribution in [0.25, 0.3) is 0 Å². The molecule has 140 valence electrons. The van der Waals surface area contributed by atoms with Gasteiger partial charge in [-0.05, 0) is 38.0 Å². The molecule has 0 saturated carbocycles. The first-order valence-corrected chi connectivity index (χ1v) is 9.80. The minimum atomic E-state index is -3.98. The van der Waals surface area contributed by atoms with Crippen LogP contribution in [-0.4, -0.2) is 38.6 Å². The Kier molecular flexibility index (Phi) is 5.38.